The Morgan fingerprint density at radius 1 is 1.21 bits per heavy atom. The summed E-state index contributed by atoms with van der Waals surface area (Å²) >= 11 is 6.58. The highest BCUT2D eigenvalue weighted by molar-refractivity contribution is 6.33. The Kier molecular flexibility index (Phi) is 6.12. The number of hydrogen-bond acceptors (Lipinski definition) is 4. The van der Waals surface area contributed by atoms with E-state index in [1.807, 2.05) is 49.5 Å². The Balaban J connectivity index is 1.42. The first kappa shape index (κ1) is 19.9. The van der Waals surface area contributed by atoms with Crippen LogP contribution in [-0.2, 0) is 4.79 Å². The van der Waals surface area contributed by atoms with Crippen molar-refractivity contribution in [3.05, 3.63) is 59.8 Å². The van der Waals surface area contributed by atoms with Gasteiger partial charge < -0.3 is 14.4 Å². The molecule has 4 nitrogen and oxygen atoms in total. The van der Waals surface area contributed by atoms with Crippen LogP contribution in [0.2, 0.25) is 5.02 Å². The maximum absolute atomic E-state index is 10.8. The van der Waals surface area contributed by atoms with Crippen molar-refractivity contribution in [1.29, 1.82) is 0 Å². The lowest BCUT2D eigenvalue weighted by atomic mass is 10.0. The smallest absolute Gasteiger partial charge is 0.124 e. The number of rotatable bonds is 6. The Hall–Kier alpha value is -2.43. The first-order valence-corrected chi connectivity index (χ1v) is 10.5. The molecule has 0 bridgehead atoms. The summed E-state index contributed by atoms with van der Waals surface area (Å²) in [4.78, 5) is 17.7. The summed E-state index contributed by atoms with van der Waals surface area (Å²) in [5.41, 5.74) is 2.92. The van der Waals surface area contributed by atoms with Crippen LogP contribution in [0.4, 0.5) is 0 Å². The minimum absolute atomic E-state index is 0.0865. The molecule has 1 unspecified atom stereocenters. The van der Waals surface area contributed by atoms with Crippen LogP contribution in [0.25, 0.3) is 22.0 Å². The first-order chi connectivity index (χ1) is 14.1. The van der Waals surface area contributed by atoms with Gasteiger partial charge in [-0.2, -0.15) is 0 Å². The number of aldehydes is 1. The average molecular weight is 409 g/mol. The molecule has 1 saturated heterocycles. The summed E-state index contributed by atoms with van der Waals surface area (Å²) in [7, 11) is 0. The van der Waals surface area contributed by atoms with Crippen LogP contribution in [0.1, 0.15) is 19.8 Å². The molecule has 150 valence electrons. The molecule has 0 aliphatic carbocycles. The Labute approximate surface area is 176 Å². The SMILES string of the molecule is CC(C=O)CN1CCC(Oc2ccc(-c3cnc4ccccc4c3)c(Cl)c2)CC1. The number of piperidine rings is 1. The molecular weight excluding hydrogens is 384 g/mol. The Bertz CT molecular complexity index is 999. The van der Waals surface area contributed by atoms with Crippen LogP contribution in [0.15, 0.2) is 54.7 Å². The van der Waals surface area contributed by atoms with Crippen molar-refractivity contribution < 1.29 is 9.53 Å². The van der Waals surface area contributed by atoms with E-state index in [0.717, 1.165) is 66.5 Å². The van der Waals surface area contributed by atoms with Gasteiger partial charge >= 0.3 is 0 Å². The fourth-order valence-electron chi connectivity index (χ4n) is 3.87. The molecule has 29 heavy (non-hydrogen) atoms. The molecule has 0 radical (unpaired) electrons. The molecule has 1 fully saturated rings. The lowest BCUT2D eigenvalue weighted by molar-refractivity contribution is -0.111. The van der Waals surface area contributed by atoms with Crippen LogP contribution < -0.4 is 4.74 Å². The molecule has 1 aromatic heterocycles. The van der Waals surface area contributed by atoms with Crippen molar-refractivity contribution >= 4 is 28.8 Å². The van der Waals surface area contributed by atoms with Gasteiger partial charge in [-0.1, -0.05) is 36.7 Å². The number of likely N-dealkylation sites (tertiary alicyclic amines) is 1. The number of carbonyl (C=O) groups is 1. The van der Waals surface area contributed by atoms with Gasteiger partial charge in [0.15, 0.2) is 0 Å². The van der Waals surface area contributed by atoms with Crippen molar-refractivity contribution in [1.82, 2.24) is 9.88 Å². The topological polar surface area (TPSA) is 42.4 Å². The summed E-state index contributed by atoms with van der Waals surface area (Å²) in [5, 5.41) is 1.76. The van der Waals surface area contributed by atoms with E-state index in [-0.39, 0.29) is 12.0 Å². The third-order valence-electron chi connectivity index (χ3n) is 5.46. The standard InChI is InChI=1S/C24H25ClN2O2/c1-17(16-28)15-27-10-8-20(9-11-27)29-21-6-7-22(23(25)13-21)19-12-18-4-2-3-5-24(18)26-14-19/h2-7,12-14,16-17,20H,8-11,15H2,1H3. The summed E-state index contributed by atoms with van der Waals surface area (Å²) in [6.07, 6.45) is 4.98. The quantitative estimate of drug-likeness (QED) is 0.523. The largest absolute Gasteiger partial charge is 0.490 e. The maximum Gasteiger partial charge on any atom is 0.124 e. The van der Waals surface area contributed by atoms with E-state index in [4.69, 9.17) is 16.3 Å². The number of benzene rings is 2. The molecule has 2 aromatic carbocycles. The van der Waals surface area contributed by atoms with Crippen LogP contribution in [0.5, 0.6) is 5.75 Å². The lowest BCUT2D eigenvalue weighted by Crippen LogP contribution is -2.40. The highest BCUT2D eigenvalue weighted by Crippen LogP contribution is 2.33. The number of hydrogen-bond donors (Lipinski definition) is 0. The maximum atomic E-state index is 10.8. The molecule has 1 aliphatic rings. The van der Waals surface area contributed by atoms with Crippen molar-refractivity contribution in [2.24, 2.45) is 5.92 Å². The second-order valence-corrected chi connectivity index (χ2v) is 8.20. The number of fused-ring (bicyclic) bond motifs is 1. The number of halogens is 1. The summed E-state index contributed by atoms with van der Waals surface area (Å²) in [5.74, 6) is 0.885. The first-order valence-electron chi connectivity index (χ1n) is 10.1. The van der Waals surface area contributed by atoms with E-state index in [0.29, 0.717) is 5.02 Å². The van der Waals surface area contributed by atoms with Gasteiger partial charge in [-0.3, -0.25) is 4.98 Å². The second-order valence-electron chi connectivity index (χ2n) is 7.79. The zero-order valence-corrected chi connectivity index (χ0v) is 17.3. The fourth-order valence-corrected chi connectivity index (χ4v) is 4.15. The van der Waals surface area contributed by atoms with Gasteiger partial charge in [0.25, 0.3) is 0 Å². The van der Waals surface area contributed by atoms with Crippen LogP contribution in [-0.4, -0.2) is 41.9 Å². The zero-order valence-electron chi connectivity index (χ0n) is 16.6. The van der Waals surface area contributed by atoms with E-state index in [9.17, 15) is 4.79 Å². The van der Waals surface area contributed by atoms with Gasteiger partial charge in [-0.25, -0.2) is 0 Å². The minimum atomic E-state index is 0.0865. The van der Waals surface area contributed by atoms with Gasteiger partial charge in [-0.05, 0) is 43.2 Å². The number of aromatic nitrogens is 1. The number of pyridine rings is 1. The molecule has 0 saturated carbocycles. The third-order valence-corrected chi connectivity index (χ3v) is 5.77. The number of para-hydroxylation sites is 1. The van der Waals surface area contributed by atoms with Gasteiger partial charge in [0.05, 0.1) is 10.5 Å². The molecule has 1 aliphatic heterocycles. The predicted octanol–water partition coefficient (Wildman–Crippen LogP) is 5.23. The van der Waals surface area contributed by atoms with Crippen LogP contribution >= 0.6 is 11.6 Å². The monoisotopic (exact) mass is 408 g/mol. The second kappa shape index (κ2) is 8.93. The number of ether oxygens (including phenoxy) is 1. The highest BCUT2D eigenvalue weighted by Gasteiger charge is 2.22. The molecule has 0 amide bonds. The normalized spacial score (nSPS) is 16.6. The van der Waals surface area contributed by atoms with Gasteiger partial charge in [-0.15, -0.1) is 0 Å². The fraction of sp³-hybridized carbons (Fsp3) is 0.333. The van der Waals surface area contributed by atoms with Crippen LogP contribution in [0, 0.1) is 5.92 Å². The van der Waals surface area contributed by atoms with Gasteiger partial charge in [0, 0.05) is 48.3 Å². The molecule has 4 rings (SSSR count). The van der Waals surface area contributed by atoms with Crippen molar-refractivity contribution in [2.75, 3.05) is 19.6 Å². The molecule has 2 heterocycles. The molecule has 0 N–H and O–H groups in total. The third kappa shape index (κ3) is 4.77. The van der Waals surface area contributed by atoms with Crippen molar-refractivity contribution in [2.45, 2.75) is 25.9 Å². The average Bonchev–Trinajstić information content (AvgIpc) is 2.75. The number of nitrogens with zero attached hydrogens (tertiary/aromatic N) is 2. The highest BCUT2D eigenvalue weighted by atomic mass is 35.5. The van der Waals surface area contributed by atoms with E-state index < -0.39 is 0 Å². The van der Waals surface area contributed by atoms with E-state index >= 15 is 0 Å². The van der Waals surface area contributed by atoms with Crippen LogP contribution in [0.3, 0.4) is 0 Å². The van der Waals surface area contributed by atoms with Crippen molar-refractivity contribution in [3.63, 3.8) is 0 Å². The molecule has 0 spiro atoms. The summed E-state index contributed by atoms with van der Waals surface area (Å²) in [6.45, 7) is 4.70. The van der Waals surface area contributed by atoms with Crippen molar-refractivity contribution in [3.8, 4) is 16.9 Å². The van der Waals surface area contributed by atoms with E-state index in [1.54, 1.807) is 0 Å². The predicted molar refractivity (Wildman–Crippen MR) is 118 cm³/mol. The molecule has 3 aromatic rings. The van der Waals surface area contributed by atoms with E-state index in [2.05, 4.69) is 22.0 Å². The molecule has 5 heteroatoms. The van der Waals surface area contributed by atoms with Gasteiger partial charge in [0.1, 0.15) is 18.1 Å². The summed E-state index contributed by atoms with van der Waals surface area (Å²) in [6, 6.07) is 16.1. The minimum Gasteiger partial charge on any atom is -0.490 e. The zero-order chi connectivity index (χ0) is 20.2. The molecular formula is C24H25ClN2O2. The Morgan fingerprint density at radius 3 is 2.76 bits per heavy atom. The van der Waals surface area contributed by atoms with E-state index in [1.165, 1.54) is 0 Å². The lowest BCUT2D eigenvalue weighted by Gasteiger charge is -2.32. The van der Waals surface area contributed by atoms with Gasteiger partial charge in [0.2, 0.25) is 0 Å². The summed E-state index contributed by atoms with van der Waals surface area (Å²) < 4.78 is 6.18. The Morgan fingerprint density at radius 2 is 2.00 bits per heavy atom. The number of carbonyl (C=O) groups excluding carboxylic acids is 1. The molecule has 1 atom stereocenters.